The Hall–Kier alpha value is -1.93. The number of carbonyl (C=O) groups is 2. The molecule has 1 saturated heterocycles. The zero-order valence-electron chi connectivity index (χ0n) is 14.4. The maximum Gasteiger partial charge on any atom is 0.231 e. The predicted molar refractivity (Wildman–Crippen MR) is 101 cm³/mol. The van der Waals surface area contributed by atoms with Crippen molar-refractivity contribution in [2.24, 2.45) is 5.92 Å². The van der Waals surface area contributed by atoms with E-state index in [2.05, 4.69) is 29.4 Å². The number of aromatic nitrogens is 2. The van der Waals surface area contributed by atoms with E-state index < -0.39 is 0 Å². The second-order valence-electron chi connectivity index (χ2n) is 6.27. The summed E-state index contributed by atoms with van der Waals surface area (Å²) in [6.07, 6.45) is 0.214. The van der Waals surface area contributed by atoms with Crippen molar-refractivity contribution >= 4 is 45.7 Å². The van der Waals surface area contributed by atoms with Crippen LogP contribution in [0, 0.1) is 12.8 Å². The van der Waals surface area contributed by atoms with E-state index in [4.69, 9.17) is 0 Å². The molecule has 6 nitrogen and oxygen atoms in total. The highest BCUT2D eigenvalue weighted by Gasteiger charge is 2.35. The molecule has 1 aliphatic heterocycles. The second kappa shape index (κ2) is 7.53. The fourth-order valence-electron chi connectivity index (χ4n) is 2.57. The van der Waals surface area contributed by atoms with Gasteiger partial charge >= 0.3 is 0 Å². The highest BCUT2D eigenvalue weighted by molar-refractivity contribution is 8.01. The van der Waals surface area contributed by atoms with Gasteiger partial charge in [-0.3, -0.25) is 9.59 Å². The Labute approximate surface area is 155 Å². The third kappa shape index (κ3) is 4.38. The summed E-state index contributed by atoms with van der Waals surface area (Å²) in [5.74, 6) is -0.587. The van der Waals surface area contributed by atoms with Crippen LogP contribution in [0.1, 0.15) is 25.8 Å². The highest BCUT2D eigenvalue weighted by Crippen LogP contribution is 2.30. The highest BCUT2D eigenvalue weighted by atomic mass is 32.2. The van der Waals surface area contributed by atoms with Gasteiger partial charge in [0, 0.05) is 23.9 Å². The first-order valence-electron chi connectivity index (χ1n) is 8.10. The fraction of sp³-hybridized carbons (Fsp3) is 0.412. The van der Waals surface area contributed by atoms with Crippen LogP contribution in [0.25, 0.3) is 0 Å². The Morgan fingerprint density at radius 1 is 1.32 bits per heavy atom. The number of anilines is 2. The van der Waals surface area contributed by atoms with Gasteiger partial charge in [0.05, 0.1) is 5.92 Å². The largest absolute Gasteiger partial charge is 0.312 e. The molecular weight excluding hydrogens is 356 g/mol. The van der Waals surface area contributed by atoms with Crippen molar-refractivity contribution in [2.45, 2.75) is 36.8 Å². The zero-order valence-corrected chi connectivity index (χ0v) is 16.0. The molecule has 1 aromatic heterocycles. The standard InChI is InChI=1S/C17H20N4O2S2/c1-10(2)24-17-20-19-16(25-17)18-15(23)12-8-14(22)21(9-12)13-6-4-11(3)5-7-13/h4-7,10,12H,8-9H2,1-3H3,(H,18,19,23)/t12-/m1/s1. The van der Waals surface area contributed by atoms with Crippen LogP contribution >= 0.6 is 23.1 Å². The molecule has 25 heavy (non-hydrogen) atoms. The van der Waals surface area contributed by atoms with E-state index in [0.29, 0.717) is 16.9 Å². The normalized spacial score (nSPS) is 17.4. The molecule has 0 spiro atoms. The molecule has 1 aliphatic rings. The molecule has 132 valence electrons. The molecular formula is C17H20N4O2S2. The van der Waals surface area contributed by atoms with Crippen LogP contribution in [0.2, 0.25) is 0 Å². The van der Waals surface area contributed by atoms with Gasteiger partial charge in [0.2, 0.25) is 16.9 Å². The molecule has 0 unspecified atom stereocenters. The lowest BCUT2D eigenvalue weighted by Crippen LogP contribution is -2.28. The topological polar surface area (TPSA) is 75.2 Å². The molecule has 0 aliphatic carbocycles. The van der Waals surface area contributed by atoms with Crippen molar-refractivity contribution in [1.82, 2.24) is 10.2 Å². The third-order valence-electron chi connectivity index (χ3n) is 3.81. The summed E-state index contributed by atoms with van der Waals surface area (Å²) in [6.45, 7) is 6.54. The van der Waals surface area contributed by atoms with Crippen molar-refractivity contribution in [3.63, 3.8) is 0 Å². The number of benzene rings is 1. The van der Waals surface area contributed by atoms with Gasteiger partial charge in [-0.15, -0.1) is 10.2 Å². The van der Waals surface area contributed by atoms with Gasteiger partial charge in [0.1, 0.15) is 0 Å². The number of hydrogen-bond donors (Lipinski definition) is 1. The summed E-state index contributed by atoms with van der Waals surface area (Å²) in [4.78, 5) is 26.4. The maximum absolute atomic E-state index is 12.5. The lowest BCUT2D eigenvalue weighted by atomic mass is 10.1. The Morgan fingerprint density at radius 2 is 2.04 bits per heavy atom. The predicted octanol–water partition coefficient (Wildman–Crippen LogP) is 3.34. The lowest BCUT2D eigenvalue weighted by Gasteiger charge is -2.16. The maximum atomic E-state index is 12.5. The van der Waals surface area contributed by atoms with Crippen molar-refractivity contribution in [3.8, 4) is 0 Å². The first-order valence-corrected chi connectivity index (χ1v) is 9.80. The second-order valence-corrected chi connectivity index (χ2v) is 9.07. The van der Waals surface area contributed by atoms with E-state index in [1.807, 2.05) is 31.2 Å². The monoisotopic (exact) mass is 376 g/mol. The van der Waals surface area contributed by atoms with E-state index in [1.54, 1.807) is 16.7 Å². The molecule has 2 heterocycles. The minimum absolute atomic E-state index is 0.0303. The minimum Gasteiger partial charge on any atom is -0.312 e. The van der Waals surface area contributed by atoms with Gasteiger partial charge in [-0.1, -0.05) is 54.6 Å². The van der Waals surface area contributed by atoms with Crippen molar-refractivity contribution in [2.75, 3.05) is 16.8 Å². The summed E-state index contributed by atoms with van der Waals surface area (Å²) in [5, 5.41) is 11.7. The Kier molecular flexibility index (Phi) is 5.39. The van der Waals surface area contributed by atoms with Crippen LogP contribution < -0.4 is 10.2 Å². The number of nitrogens with one attached hydrogen (secondary N) is 1. The van der Waals surface area contributed by atoms with Gasteiger partial charge in [-0.05, 0) is 19.1 Å². The van der Waals surface area contributed by atoms with E-state index in [0.717, 1.165) is 15.6 Å². The van der Waals surface area contributed by atoms with Crippen molar-refractivity contribution < 1.29 is 9.59 Å². The number of thioether (sulfide) groups is 1. The van der Waals surface area contributed by atoms with Gasteiger partial charge in [0.25, 0.3) is 0 Å². The Morgan fingerprint density at radius 3 is 2.72 bits per heavy atom. The Bertz CT molecular complexity index is 773. The molecule has 0 bridgehead atoms. The number of rotatable bonds is 5. The average molecular weight is 377 g/mol. The van der Waals surface area contributed by atoms with Crippen LogP contribution in [0.15, 0.2) is 28.6 Å². The molecule has 2 amide bonds. The summed E-state index contributed by atoms with van der Waals surface area (Å²) >= 11 is 2.97. The molecule has 3 rings (SSSR count). The van der Waals surface area contributed by atoms with Crippen LogP contribution in [-0.2, 0) is 9.59 Å². The fourth-order valence-corrected chi connectivity index (χ4v) is 4.55. The number of nitrogens with zero attached hydrogens (tertiary/aromatic N) is 3. The number of amides is 2. The molecule has 8 heteroatoms. The van der Waals surface area contributed by atoms with Gasteiger partial charge in [-0.25, -0.2) is 0 Å². The molecule has 1 N–H and O–H groups in total. The van der Waals surface area contributed by atoms with E-state index >= 15 is 0 Å². The lowest BCUT2D eigenvalue weighted by molar-refractivity contribution is -0.122. The molecule has 1 fully saturated rings. The summed E-state index contributed by atoms with van der Waals surface area (Å²) in [5.41, 5.74) is 1.97. The van der Waals surface area contributed by atoms with Crippen LogP contribution in [0.5, 0.6) is 0 Å². The molecule has 2 aromatic rings. The number of carbonyl (C=O) groups excluding carboxylic acids is 2. The summed E-state index contributed by atoms with van der Waals surface area (Å²) < 4.78 is 0.828. The summed E-state index contributed by atoms with van der Waals surface area (Å²) in [7, 11) is 0. The average Bonchev–Trinajstić information content (AvgIpc) is 3.14. The first-order chi connectivity index (χ1) is 11.9. The van der Waals surface area contributed by atoms with Gasteiger partial charge in [0.15, 0.2) is 4.34 Å². The van der Waals surface area contributed by atoms with Crippen LogP contribution in [0.4, 0.5) is 10.8 Å². The third-order valence-corrected chi connectivity index (χ3v) is 5.74. The van der Waals surface area contributed by atoms with Crippen LogP contribution in [0.3, 0.4) is 0 Å². The molecule has 1 atom stereocenters. The quantitative estimate of drug-likeness (QED) is 0.640. The zero-order chi connectivity index (χ0) is 18.0. The Balaban J connectivity index is 1.62. The SMILES string of the molecule is Cc1ccc(N2C[C@H](C(=O)Nc3nnc(SC(C)C)s3)CC2=O)cc1. The van der Waals surface area contributed by atoms with E-state index in [1.165, 1.54) is 11.3 Å². The van der Waals surface area contributed by atoms with Gasteiger partial charge in [-0.2, -0.15) is 0 Å². The first kappa shape index (κ1) is 17.9. The van der Waals surface area contributed by atoms with Crippen molar-refractivity contribution in [1.29, 1.82) is 0 Å². The van der Waals surface area contributed by atoms with Crippen molar-refractivity contribution in [3.05, 3.63) is 29.8 Å². The van der Waals surface area contributed by atoms with E-state index in [-0.39, 0.29) is 24.2 Å². The van der Waals surface area contributed by atoms with Crippen LogP contribution in [-0.4, -0.2) is 33.8 Å². The number of aryl methyl sites for hydroxylation is 1. The minimum atomic E-state index is -0.376. The molecule has 0 saturated carbocycles. The molecule has 0 radical (unpaired) electrons. The smallest absolute Gasteiger partial charge is 0.231 e. The van der Waals surface area contributed by atoms with E-state index in [9.17, 15) is 9.59 Å². The number of hydrogen-bond acceptors (Lipinski definition) is 6. The molecule has 1 aromatic carbocycles. The summed E-state index contributed by atoms with van der Waals surface area (Å²) in [6, 6.07) is 7.75. The van der Waals surface area contributed by atoms with Gasteiger partial charge < -0.3 is 10.2 Å².